The zero-order chi connectivity index (χ0) is 16.8. The third-order valence-corrected chi connectivity index (χ3v) is 3.35. The number of anilines is 2. The van der Waals surface area contributed by atoms with E-state index >= 15 is 0 Å². The third-order valence-electron chi connectivity index (χ3n) is 3.35. The molecule has 0 spiro atoms. The van der Waals surface area contributed by atoms with Crippen molar-refractivity contribution < 1.29 is 13.9 Å². The molecule has 1 amide bonds. The quantitative estimate of drug-likeness (QED) is 0.775. The van der Waals surface area contributed by atoms with E-state index in [2.05, 4.69) is 24.5 Å². The maximum atomic E-state index is 13.5. The number of benzene rings is 1. The van der Waals surface area contributed by atoms with Crippen molar-refractivity contribution in [1.82, 2.24) is 0 Å². The molecule has 0 aliphatic carbocycles. The van der Waals surface area contributed by atoms with Crippen molar-refractivity contribution in [2.24, 2.45) is 5.92 Å². The number of amides is 1. The number of halogens is 1. The smallest absolute Gasteiger partial charge is 0.412 e. The molecule has 0 aliphatic rings. The van der Waals surface area contributed by atoms with Gasteiger partial charge in [0.2, 0.25) is 0 Å². The van der Waals surface area contributed by atoms with Gasteiger partial charge in [0.05, 0.1) is 11.4 Å². The Bertz CT molecular complexity index is 494. The van der Waals surface area contributed by atoms with Crippen molar-refractivity contribution in [2.75, 3.05) is 17.2 Å². The van der Waals surface area contributed by atoms with Crippen LogP contribution in [0.4, 0.5) is 20.6 Å². The second kappa shape index (κ2) is 8.01. The van der Waals surface area contributed by atoms with Crippen LogP contribution in [0, 0.1) is 11.7 Å². The van der Waals surface area contributed by atoms with Crippen LogP contribution in [0.25, 0.3) is 0 Å². The minimum Gasteiger partial charge on any atom is -0.444 e. The third kappa shape index (κ3) is 6.33. The minimum absolute atomic E-state index is 0.346. The van der Waals surface area contributed by atoms with Crippen molar-refractivity contribution in [3.8, 4) is 0 Å². The van der Waals surface area contributed by atoms with Gasteiger partial charge in [0, 0.05) is 6.54 Å². The first-order chi connectivity index (χ1) is 10.2. The second-order valence-corrected chi connectivity index (χ2v) is 6.38. The van der Waals surface area contributed by atoms with Crippen LogP contribution in [0.2, 0.25) is 0 Å². The van der Waals surface area contributed by atoms with Gasteiger partial charge in [-0.3, -0.25) is 5.32 Å². The van der Waals surface area contributed by atoms with Crippen molar-refractivity contribution in [2.45, 2.75) is 53.1 Å². The van der Waals surface area contributed by atoms with E-state index in [1.54, 1.807) is 20.8 Å². The van der Waals surface area contributed by atoms with Gasteiger partial charge in [-0.25, -0.2) is 9.18 Å². The monoisotopic (exact) mass is 310 g/mol. The molecule has 5 heteroatoms. The fourth-order valence-corrected chi connectivity index (χ4v) is 2.02. The first kappa shape index (κ1) is 18.3. The predicted molar refractivity (Wildman–Crippen MR) is 88.8 cm³/mol. The van der Waals surface area contributed by atoms with Crippen LogP contribution in [-0.4, -0.2) is 18.2 Å². The van der Waals surface area contributed by atoms with E-state index in [0.29, 0.717) is 17.3 Å². The second-order valence-electron chi connectivity index (χ2n) is 6.38. The summed E-state index contributed by atoms with van der Waals surface area (Å²) in [6, 6.07) is 4.23. The summed E-state index contributed by atoms with van der Waals surface area (Å²) in [7, 11) is 0. The number of carbonyl (C=O) groups excluding carboxylic acids is 1. The maximum Gasteiger partial charge on any atom is 0.412 e. The van der Waals surface area contributed by atoms with E-state index in [9.17, 15) is 9.18 Å². The minimum atomic E-state index is -0.576. The Labute approximate surface area is 132 Å². The molecule has 2 N–H and O–H groups in total. The molecule has 0 atom stereocenters. The zero-order valence-corrected chi connectivity index (χ0v) is 14.1. The van der Waals surface area contributed by atoms with E-state index in [4.69, 9.17) is 4.74 Å². The lowest BCUT2D eigenvalue weighted by Crippen LogP contribution is -2.27. The molecule has 1 rings (SSSR count). The van der Waals surface area contributed by atoms with Gasteiger partial charge >= 0.3 is 6.09 Å². The average Bonchev–Trinajstić information content (AvgIpc) is 2.40. The Morgan fingerprint density at radius 1 is 1.23 bits per heavy atom. The van der Waals surface area contributed by atoms with Crippen LogP contribution in [-0.2, 0) is 4.74 Å². The first-order valence-corrected chi connectivity index (χ1v) is 7.78. The molecule has 1 aromatic carbocycles. The van der Waals surface area contributed by atoms with Crippen LogP contribution in [0.5, 0.6) is 0 Å². The number of hydrogen-bond acceptors (Lipinski definition) is 3. The zero-order valence-electron chi connectivity index (χ0n) is 14.1. The summed E-state index contributed by atoms with van der Waals surface area (Å²) < 4.78 is 18.7. The summed E-state index contributed by atoms with van der Waals surface area (Å²) >= 11 is 0. The first-order valence-electron chi connectivity index (χ1n) is 7.78. The van der Waals surface area contributed by atoms with E-state index in [0.717, 1.165) is 19.4 Å². The Balaban J connectivity index is 2.80. The molecule has 4 nitrogen and oxygen atoms in total. The van der Waals surface area contributed by atoms with Gasteiger partial charge in [0.15, 0.2) is 0 Å². The molecule has 0 bridgehead atoms. The van der Waals surface area contributed by atoms with E-state index in [1.165, 1.54) is 18.2 Å². The van der Waals surface area contributed by atoms with Gasteiger partial charge < -0.3 is 10.1 Å². The van der Waals surface area contributed by atoms with Gasteiger partial charge in [0.25, 0.3) is 0 Å². The van der Waals surface area contributed by atoms with Crippen molar-refractivity contribution in [1.29, 1.82) is 0 Å². The summed E-state index contributed by atoms with van der Waals surface area (Å²) in [6.07, 6.45) is 1.55. The van der Waals surface area contributed by atoms with Crippen molar-refractivity contribution in [3.05, 3.63) is 24.0 Å². The van der Waals surface area contributed by atoms with E-state index < -0.39 is 11.7 Å². The van der Waals surface area contributed by atoms with Crippen LogP contribution >= 0.6 is 0 Å². The molecule has 0 radical (unpaired) electrons. The Morgan fingerprint density at radius 3 is 2.41 bits per heavy atom. The van der Waals surface area contributed by atoms with Crippen LogP contribution in [0.15, 0.2) is 18.2 Å². The molecule has 124 valence electrons. The largest absolute Gasteiger partial charge is 0.444 e. The van der Waals surface area contributed by atoms with Gasteiger partial charge in [-0.05, 0) is 44.9 Å². The average molecular weight is 310 g/mol. The predicted octanol–water partition coefficient (Wildman–Crippen LogP) is 5.02. The molecule has 0 saturated carbocycles. The van der Waals surface area contributed by atoms with Crippen LogP contribution < -0.4 is 10.6 Å². The lowest BCUT2D eigenvalue weighted by Gasteiger charge is -2.21. The highest BCUT2D eigenvalue weighted by atomic mass is 19.1. The van der Waals surface area contributed by atoms with Crippen molar-refractivity contribution in [3.63, 3.8) is 0 Å². The summed E-state index contributed by atoms with van der Waals surface area (Å²) in [5.41, 5.74) is 0.507. The number of nitrogens with one attached hydrogen (secondary N) is 2. The molecule has 1 aromatic rings. The summed E-state index contributed by atoms with van der Waals surface area (Å²) in [4.78, 5) is 11.9. The van der Waals surface area contributed by atoms with Crippen molar-refractivity contribution >= 4 is 17.5 Å². The molecule has 0 heterocycles. The van der Waals surface area contributed by atoms with Gasteiger partial charge in [0.1, 0.15) is 11.4 Å². The fourth-order valence-electron chi connectivity index (χ4n) is 2.02. The molecule has 0 saturated heterocycles. The molecule has 22 heavy (non-hydrogen) atoms. The number of ether oxygens (including phenoxy) is 1. The Hall–Kier alpha value is -1.78. The van der Waals surface area contributed by atoms with Gasteiger partial charge in [-0.15, -0.1) is 0 Å². The highest BCUT2D eigenvalue weighted by Gasteiger charge is 2.17. The van der Waals surface area contributed by atoms with Crippen LogP contribution in [0.3, 0.4) is 0 Å². The lowest BCUT2D eigenvalue weighted by atomic mass is 10.0. The maximum absolute atomic E-state index is 13.5. The molecule has 0 aliphatic heterocycles. The SMILES string of the molecule is CCC(CC)CNc1cc(F)ccc1NC(=O)OC(C)(C)C. The van der Waals surface area contributed by atoms with Gasteiger partial charge in [-0.2, -0.15) is 0 Å². The van der Waals surface area contributed by atoms with Gasteiger partial charge in [-0.1, -0.05) is 26.7 Å². The molecule has 0 unspecified atom stereocenters. The fraction of sp³-hybridized carbons (Fsp3) is 0.588. The summed E-state index contributed by atoms with van der Waals surface area (Å²) in [5, 5.41) is 5.88. The summed E-state index contributed by atoms with van der Waals surface area (Å²) in [5.74, 6) is 0.166. The Morgan fingerprint density at radius 2 is 1.86 bits per heavy atom. The number of rotatable bonds is 6. The van der Waals surface area contributed by atoms with E-state index in [-0.39, 0.29) is 5.82 Å². The highest BCUT2D eigenvalue weighted by molar-refractivity contribution is 5.89. The lowest BCUT2D eigenvalue weighted by molar-refractivity contribution is 0.0636. The summed E-state index contributed by atoms with van der Waals surface area (Å²) in [6.45, 7) is 10.4. The highest BCUT2D eigenvalue weighted by Crippen LogP contribution is 2.24. The standard InChI is InChI=1S/C17H27FN2O2/c1-6-12(7-2)11-19-15-10-13(18)8-9-14(15)20-16(21)22-17(3,4)5/h8-10,12,19H,6-7,11H2,1-5H3,(H,20,21). The number of carbonyl (C=O) groups is 1. The molecular weight excluding hydrogens is 283 g/mol. The molecule has 0 aromatic heterocycles. The Kier molecular flexibility index (Phi) is 6.65. The normalized spacial score (nSPS) is 11.4. The van der Waals surface area contributed by atoms with Crippen LogP contribution in [0.1, 0.15) is 47.5 Å². The number of hydrogen-bond donors (Lipinski definition) is 2. The molecular formula is C17H27FN2O2. The van der Waals surface area contributed by atoms with E-state index in [1.807, 2.05) is 0 Å². The topological polar surface area (TPSA) is 50.4 Å². The molecule has 0 fully saturated rings.